The Morgan fingerprint density at radius 2 is 2.00 bits per heavy atom. The van der Waals surface area contributed by atoms with Crippen LogP contribution in [0.5, 0.6) is 0 Å². The Morgan fingerprint density at radius 1 is 1.30 bits per heavy atom. The first-order valence-electron chi connectivity index (χ1n) is 7.34. The molecule has 3 nitrogen and oxygen atoms in total. The van der Waals surface area contributed by atoms with Gasteiger partial charge in [0.1, 0.15) is 17.2 Å². The van der Waals surface area contributed by atoms with Gasteiger partial charge >= 0.3 is 0 Å². The van der Waals surface area contributed by atoms with E-state index in [1.165, 1.54) is 6.07 Å². The van der Waals surface area contributed by atoms with E-state index < -0.39 is 23.1 Å². The van der Waals surface area contributed by atoms with Crippen LogP contribution < -0.4 is 5.32 Å². The molecule has 1 saturated carbocycles. The molecule has 1 heterocycles. The number of carbonyl (C=O) groups is 1. The fraction of sp³-hybridized carbons (Fsp3) is 0.294. The Balaban J connectivity index is 1.77. The number of carbonyl (C=O) groups excluding carboxylic acids is 1. The van der Waals surface area contributed by atoms with Gasteiger partial charge in [-0.3, -0.25) is 9.78 Å². The second-order valence-electron chi connectivity index (χ2n) is 5.74. The highest BCUT2D eigenvalue weighted by atomic mass is 35.5. The minimum absolute atomic E-state index is 0.0399. The Morgan fingerprint density at radius 3 is 2.57 bits per heavy atom. The average molecular weight is 337 g/mol. The highest BCUT2D eigenvalue weighted by Gasteiger charge is 2.36. The van der Waals surface area contributed by atoms with Crippen LogP contribution >= 0.6 is 11.6 Å². The maximum absolute atomic E-state index is 13.7. The molecule has 0 aliphatic heterocycles. The molecule has 6 heteroatoms. The average Bonchev–Trinajstić information content (AvgIpc) is 2.46. The molecule has 1 amide bonds. The van der Waals surface area contributed by atoms with Crippen molar-refractivity contribution in [2.75, 3.05) is 0 Å². The predicted molar refractivity (Wildman–Crippen MR) is 83.6 cm³/mol. The van der Waals surface area contributed by atoms with Crippen LogP contribution in [-0.2, 0) is 0 Å². The number of amides is 1. The van der Waals surface area contributed by atoms with Crippen LogP contribution in [0, 0.1) is 18.6 Å². The van der Waals surface area contributed by atoms with Crippen LogP contribution in [0.3, 0.4) is 0 Å². The maximum Gasteiger partial charge on any atom is 0.257 e. The fourth-order valence-electron chi connectivity index (χ4n) is 2.77. The number of benzene rings is 1. The van der Waals surface area contributed by atoms with Gasteiger partial charge in [0.05, 0.1) is 10.7 Å². The number of halogens is 3. The maximum atomic E-state index is 13.7. The lowest BCUT2D eigenvalue weighted by Crippen LogP contribution is -2.46. The van der Waals surface area contributed by atoms with Gasteiger partial charge in [-0.15, -0.1) is 0 Å². The van der Waals surface area contributed by atoms with Crippen LogP contribution in [0.1, 0.15) is 40.4 Å². The quantitative estimate of drug-likeness (QED) is 0.920. The fourth-order valence-corrected chi connectivity index (χ4v) is 3.13. The van der Waals surface area contributed by atoms with Gasteiger partial charge in [-0.1, -0.05) is 17.7 Å². The van der Waals surface area contributed by atoms with Crippen molar-refractivity contribution >= 4 is 17.5 Å². The number of nitrogens with zero attached hydrogens (tertiary/aromatic N) is 1. The van der Waals surface area contributed by atoms with Crippen molar-refractivity contribution in [3.63, 3.8) is 0 Å². The summed E-state index contributed by atoms with van der Waals surface area (Å²) in [7, 11) is 0. The second kappa shape index (κ2) is 6.24. The molecule has 0 unspecified atom stereocenters. The zero-order valence-electron chi connectivity index (χ0n) is 12.4. The van der Waals surface area contributed by atoms with Crippen LogP contribution in [0.4, 0.5) is 8.78 Å². The molecule has 2 aromatic rings. The van der Waals surface area contributed by atoms with Crippen molar-refractivity contribution in [1.82, 2.24) is 10.3 Å². The SMILES string of the molecule is Cc1cnc([C@H]2CC[C@H]2NC(=O)c2c(F)cccc2F)c(Cl)c1. The topological polar surface area (TPSA) is 42.0 Å². The van der Waals surface area contributed by atoms with Crippen LogP contribution in [0.15, 0.2) is 30.5 Å². The first-order valence-corrected chi connectivity index (χ1v) is 7.72. The molecule has 2 atom stereocenters. The molecule has 1 aromatic carbocycles. The standard InChI is InChI=1S/C17H15ClF2N2O/c1-9-7-11(18)16(21-8-9)10-5-6-14(10)22-17(23)15-12(19)3-2-4-13(15)20/h2-4,7-8,10,14H,5-6H2,1H3,(H,22,23)/t10-,14+/m0/s1. The molecule has 1 aliphatic rings. The third kappa shape index (κ3) is 3.06. The second-order valence-corrected chi connectivity index (χ2v) is 6.15. The predicted octanol–water partition coefficient (Wildman–Crippen LogP) is 4.00. The molecular formula is C17H15ClF2N2O. The number of aryl methyl sites for hydroxylation is 1. The molecular weight excluding hydrogens is 322 g/mol. The van der Waals surface area contributed by atoms with Crippen molar-refractivity contribution in [2.45, 2.75) is 31.7 Å². The van der Waals surface area contributed by atoms with E-state index in [1.807, 2.05) is 13.0 Å². The highest BCUT2D eigenvalue weighted by Crippen LogP contribution is 2.39. The number of aromatic nitrogens is 1. The normalized spacial score (nSPS) is 20.0. The van der Waals surface area contributed by atoms with Crippen molar-refractivity contribution < 1.29 is 13.6 Å². The summed E-state index contributed by atoms with van der Waals surface area (Å²) in [5.74, 6) is -2.53. The van der Waals surface area contributed by atoms with E-state index in [-0.39, 0.29) is 12.0 Å². The summed E-state index contributed by atoms with van der Waals surface area (Å²) in [6.07, 6.45) is 3.26. The molecule has 1 N–H and O–H groups in total. The van der Waals surface area contributed by atoms with Gasteiger partial charge in [0.15, 0.2) is 0 Å². The summed E-state index contributed by atoms with van der Waals surface area (Å²) in [4.78, 5) is 16.5. The zero-order valence-corrected chi connectivity index (χ0v) is 13.2. The summed E-state index contributed by atoms with van der Waals surface area (Å²) in [6.45, 7) is 1.89. The number of rotatable bonds is 3. The lowest BCUT2D eigenvalue weighted by Gasteiger charge is -2.37. The van der Waals surface area contributed by atoms with E-state index in [0.717, 1.165) is 30.5 Å². The highest BCUT2D eigenvalue weighted by molar-refractivity contribution is 6.31. The van der Waals surface area contributed by atoms with Crippen molar-refractivity contribution in [1.29, 1.82) is 0 Å². The Kier molecular flexibility index (Phi) is 4.31. The minimum atomic E-state index is -0.870. The summed E-state index contributed by atoms with van der Waals surface area (Å²) in [6, 6.07) is 4.94. The monoisotopic (exact) mass is 336 g/mol. The van der Waals surface area contributed by atoms with Gasteiger partial charge in [-0.05, 0) is 43.5 Å². The van der Waals surface area contributed by atoms with Gasteiger partial charge in [0.2, 0.25) is 0 Å². The van der Waals surface area contributed by atoms with Crippen LogP contribution in [-0.4, -0.2) is 16.9 Å². The van der Waals surface area contributed by atoms with E-state index in [0.29, 0.717) is 10.7 Å². The van der Waals surface area contributed by atoms with Gasteiger partial charge in [-0.25, -0.2) is 8.78 Å². The van der Waals surface area contributed by atoms with E-state index in [4.69, 9.17) is 11.6 Å². The number of nitrogens with one attached hydrogen (secondary N) is 1. The molecule has 0 bridgehead atoms. The molecule has 1 aromatic heterocycles. The zero-order chi connectivity index (χ0) is 16.6. The first kappa shape index (κ1) is 15.9. The summed E-state index contributed by atoms with van der Waals surface area (Å²) >= 11 is 6.21. The van der Waals surface area contributed by atoms with Crippen LogP contribution in [0.25, 0.3) is 0 Å². The lowest BCUT2D eigenvalue weighted by molar-refractivity contribution is 0.0895. The molecule has 23 heavy (non-hydrogen) atoms. The van der Waals surface area contributed by atoms with E-state index in [9.17, 15) is 13.6 Å². The summed E-state index contributed by atoms with van der Waals surface area (Å²) in [5, 5.41) is 3.23. The summed E-state index contributed by atoms with van der Waals surface area (Å²) in [5.41, 5.74) is 1.11. The van der Waals surface area contributed by atoms with Crippen molar-refractivity contribution in [3.05, 3.63) is 63.9 Å². The van der Waals surface area contributed by atoms with E-state index >= 15 is 0 Å². The summed E-state index contributed by atoms with van der Waals surface area (Å²) < 4.78 is 27.3. The van der Waals surface area contributed by atoms with Crippen molar-refractivity contribution in [2.24, 2.45) is 0 Å². The van der Waals surface area contributed by atoms with Gasteiger partial charge in [0, 0.05) is 18.2 Å². The molecule has 0 saturated heterocycles. The van der Waals surface area contributed by atoms with E-state index in [2.05, 4.69) is 10.3 Å². The number of hydrogen-bond donors (Lipinski definition) is 1. The molecule has 1 aliphatic carbocycles. The van der Waals surface area contributed by atoms with E-state index in [1.54, 1.807) is 6.20 Å². The smallest absolute Gasteiger partial charge is 0.257 e. The third-order valence-electron chi connectivity index (χ3n) is 4.14. The Labute approximate surface area is 137 Å². The Hall–Kier alpha value is -2.01. The van der Waals surface area contributed by atoms with Gasteiger partial charge in [-0.2, -0.15) is 0 Å². The molecule has 1 fully saturated rings. The lowest BCUT2D eigenvalue weighted by atomic mass is 9.77. The van der Waals surface area contributed by atoms with Gasteiger partial charge in [0.25, 0.3) is 5.91 Å². The number of hydrogen-bond acceptors (Lipinski definition) is 2. The van der Waals surface area contributed by atoms with Crippen molar-refractivity contribution in [3.8, 4) is 0 Å². The number of pyridine rings is 1. The Bertz CT molecular complexity index is 746. The third-order valence-corrected chi connectivity index (χ3v) is 4.44. The molecule has 0 radical (unpaired) electrons. The molecule has 120 valence electrons. The van der Waals surface area contributed by atoms with Gasteiger partial charge < -0.3 is 5.32 Å². The largest absolute Gasteiger partial charge is 0.348 e. The minimum Gasteiger partial charge on any atom is -0.348 e. The molecule has 0 spiro atoms. The molecule has 3 rings (SSSR count). The first-order chi connectivity index (χ1) is 11.0. The van der Waals surface area contributed by atoms with Crippen LogP contribution in [0.2, 0.25) is 5.02 Å².